The van der Waals surface area contributed by atoms with E-state index in [0.29, 0.717) is 5.89 Å². The van der Waals surface area contributed by atoms with Gasteiger partial charge in [0, 0.05) is 5.56 Å². The van der Waals surface area contributed by atoms with Gasteiger partial charge in [0.1, 0.15) is 5.52 Å². The molecule has 0 spiro atoms. The highest BCUT2D eigenvalue weighted by Gasteiger charge is 2.07. The van der Waals surface area contributed by atoms with E-state index in [1.165, 1.54) is 12.0 Å². The monoisotopic (exact) mass is 237 g/mol. The van der Waals surface area contributed by atoms with Gasteiger partial charge in [-0.05, 0) is 36.2 Å². The molecule has 0 aliphatic carbocycles. The molecule has 3 aromatic rings. The molecule has 0 saturated carbocycles. The van der Waals surface area contributed by atoms with Crippen LogP contribution >= 0.6 is 0 Å². The zero-order chi connectivity index (χ0) is 12.4. The smallest absolute Gasteiger partial charge is 0.227 e. The van der Waals surface area contributed by atoms with Gasteiger partial charge in [-0.1, -0.05) is 37.6 Å². The van der Waals surface area contributed by atoms with E-state index in [1.54, 1.807) is 0 Å². The van der Waals surface area contributed by atoms with Crippen molar-refractivity contribution in [3.05, 3.63) is 54.1 Å². The molecule has 0 aliphatic heterocycles. The normalized spacial score (nSPS) is 10.9. The Morgan fingerprint density at radius 2 is 1.78 bits per heavy atom. The van der Waals surface area contributed by atoms with Crippen molar-refractivity contribution in [2.24, 2.45) is 0 Å². The van der Waals surface area contributed by atoms with E-state index in [-0.39, 0.29) is 0 Å². The lowest BCUT2D eigenvalue weighted by molar-refractivity contribution is 0.620. The molecule has 18 heavy (non-hydrogen) atoms. The van der Waals surface area contributed by atoms with Crippen LogP contribution in [-0.2, 0) is 6.42 Å². The van der Waals surface area contributed by atoms with Gasteiger partial charge in [0.05, 0.1) is 0 Å². The fourth-order valence-corrected chi connectivity index (χ4v) is 2.10. The summed E-state index contributed by atoms with van der Waals surface area (Å²) in [6.07, 6.45) is 2.29. The van der Waals surface area contributed by atoms with Crippen molar-refractivity contribution in [1.29, 1.82) is 0 Å². The topological polar surface area (TPSA) is 26.0 Å². The molecule has 2 heteroatoms. The van der Waals surface area contributed by atoms with Gasteiger partial charge in [-0.25, -0.2) is 4.98 Å². The van der Waals surface area contributed by atoms with Crippen LogP contribution in [0, 0.1) is 0 Å². The third-order valence-electron chi connectivity index (χ3n) is 3.03. The van der Waals surface area contributed by atoms with E-state index in [1.807, 2.05) is 24.3 Å². The van der Waals surface area contributed by atoms with Gasteiger partial charge in [0.15, 0.2) is 5.58 Å². The fraction of sp³-hybridized carbons (Fsp3) is 0.188. The molecular weight excluding hydrogens is 222 g/mol. The quantitative estimate of drug-likeness (QED) is 0.672. The molecule has 0 saturated heterocycles. The number of fused-ring (bicyclic) bond motifs is 1. The Labute approximate surface area is 106 Å². The van der Waals surface area contributed by atoms with Crippen LogP contribution in [0.1, 0.15) is 18.9 Å². The number of hydrogen-bond acceptors (Lipinski definition) is 2. The van der Waals surface area contributed by atoms with Crippen molar-refractivity contribution >= 4 is 11.1 Å². The van der Waals surface area contributed by atoms with Crippen molar-refractivity contribution in [2.45, 2.75) is 19.8 Å². The summed E-state index contributed by atoms with van der Waals surface area (Å²) in [5.74, 6) is 0.694. The van der Waals surface area contributed by atoms with Crippen LogP contribution in [0.2, 0.25) is 0 Å². The highest BCUT2D eigenvalue weighted by molar-refractivity contribution is 5.75. The molecule has 0 aliphatic rings. The lowest BCUT2D eigenvalue weighted by atomic mass is 10.1. The standard InChI is InChI=1S/C16H15NO/c1-2-5-12-8-10-13(11-9-12)16-17-14-6-3-4-7-15(14)18-16/h3-4,6-11H,2,5H2,1H3. The van der Waals surface area contributed by atoms with Gasteiger partial charge >= 0.3 is 0 Å². The van der Waals surface area contributed by atoms with Gasteiger partial charge < -0.3 is 4.42 Å². The van der Waals surface area contributed by atoms with Crippen molar-refractivity contribution in [3.63, 3.8) is 0 Å². The minimum Gasteiger partial charge on any atom is -0.436 e. The van der Waals surface area contributed by atoms with E-state index < -0.39 is 0 Å². The molecule has 1 aromatic heterocycles. The van der Waals surface area contributed by atoms with Crippen molar-refractivity contribution in [1.82, 2.24) is 4.98 Å². The number of nitrogens with zero attached hydrogens (tertiary/aromatic N) is 1. The minimum absolute atomic E-state index is 0.694. The Morgan fingerprint density at radius 1 is 1.00 bits per heavy atom. The summed E-state index contributed by atoms with van der Waals surface area (Å²) >= 11 is 0. The van der Waals surface area contributed by atoms with Gasteiger partial charge in [0.2, 0.25) is 5.89 Å². The van der Waals surface area contributed by atoms with Crippen LogP contribution in [0.15, 0.2) is 52.9 Å². The number of aromatic nitrogens is 1. The minimum atomic E-state index is 0.694. The lowest BCUT2D eigenvalue weighted by Crippen LogP contribution is -1.83. The maximum Gasteiger partial charge on any atom is 0.227 e. The first-order chi connectivity index (χ1) is 8.86. The second kappa shape index (κ2) is 4.65. The van der Waals surface area contributed by atoms with Crippen LogP contribution in [0.5, 0.6) is 0 Å². The van der Waals surface area contributed by atoms with E-state index >= 15 is 0 Å². The number of aryl methyl sites for hydroxylation is 1. The van der Waals surface area contributed by atoms with E-state index in [4.69, 9.17) is 4.42 Å². The molecule has 0 atom stereocenters. The first-order valence-electron chi connectivity index (χ1n) is 6.31. The van der Waals surface area contributed by atoms with Gasteiger partial charge in [-0.3, -0.25) is 0 Å². The van der Waals surface area contributed by atoms with E-state index in [2.05, 4.69) is 36.2 Å². The molecule has 0 N–H and O–H groups in total. The number of rotatable bonds is 3. The van der Waals surface area contributed by atoms with E-state index in [9.17, 15) is 0 Å². The number of hydrogen-bond donors (Lipinski definition) is 0. The molecule has 0 unspecified atom stereocenters. The zero-order valence-corrected chi connectivity index (χ0v) is 10.4. The van der Waals surface area contributed by atoms with E-state index in [0.717, 1.165) is 23.1 Å². The van der Waals surface area contributed by atoms with Crippen LogP contribution in [0.4, 0.5) is 0 Å². The summed E-state index contributed by atoms with van der Waals surface area (Å²) in [4.78, 5) is 4.49. The second-order valence-electron chi connectivity index (χ2n) is 4.43. The summed E-state index contributed by atoms with van der Waals surface area (Å²) in [6.45, 7) is 2.19. The average molecular weight is 237 g/mol. The van der Waals surface area contributed by atoms with Crippen molar-refractivity contribution in [3.8, 4) is 11.5 Å². The SMILES string of the molecule is CCCc1ccc(-c2nc3ccccc3o2)cc1. The molecule has 0 bridgehead atoms. The summed E-state index contributed by atoms with van der Waals surface area (Å²) in [7, 11) is 0. The van der Waals surface area contributed by atoms with Crippen molar-refractivity contribution in [2.75, 3.05) is 0 Å². The molecule has 1 heterocycles. The Hall–Kier alpha value is -2.09. The molecule has 2 nitrogen and oxygen atoms in total. The van der Waals surface area contributed by atoms with Gasteiger partial charge in [-0.15, -0.1) is 0 Å². The number of para-hydroxylation sites is 2. The highest BCUT2D eigenvalue weighted by Crippen LogP contribution is 2.24. The lowest BCUT2D eigenvalue weighted by Gasteiger charge is -1.99. The predicted molar refractivity (Wildman–Crippen MR) is 73.4 cm³/mol. The Balaban J connectivity index is 1.98. The van der Waals surface area contributed by atoms with Gasteiger partial charge in [0.25, 0.3) is 0 Å². The van der Waals surface area contributed by atoms with Crippen molar-refractivity contribution < 1.29 is 4.42 Å². The first-order valence-corrected chi connectivity index (χ1v) is 6.31. The molecular formula is C16H15NO. The third kappa shape index (κ3) is 2.02. The zero-order valence-electron chi connectivity index (χ0n) is 10.4. The Kier molecular flexibility index (Phi) is 2.85. The summed E-state index contributed by atoms with van der Waals surface area (Å²) in [6, 6.07) is 16.3. The average Bonchev–Trinajstić information content (AvgIpc) is 2.84. The van der Waals surface area contributed by atoms with Gasteiger partial charge in [-0.2, -0.15) is 0 Å². The fourth-order valence-electron chi connectivity index (χ4n) is 2.10. The number of benzene rings is 2. The largest absolute Gasteiger partial charge is 0.436 e. The highest BCUT2D eigenvalue weighted by atomic mass is 16.3. The predicted octanol–water partition coefficient (Wildman–Crippen LogP) is 4.45. The number of oxazole rings is 1. The second-order valence-corrected chi connectivity index (χ2v) is 4.43. The molecule has 2 aromatic carbocycles. The molecule has 3 rings (SSSR count). The maximum atomic E-state index is 5.74. The van der Waals surface area contributed by atoms with Crippen LogP contribution in [0.25, 0.3) is 22.6 Å². The summed E-state index contributed by atoms with van der Waals surface area (Å²) < 4.78 is 5.74. The Morgan fingerprint density at radius 3 is 2.50 bits per heavy atom. The third-order valence-corrected chi connectivity index (χ3v) is 3.03. The summed E-state index contributed by atoms with van der Waals surface area (Å²) in [5.41, 5.74) is 4.14. The van der Waals surface area contributed by atoms with Crippen LogP contribution in [0.3, 0.4) is 0 Å². The molecule has 90 valence electrons. The molecule has 0 amide bonds. The molecule has 0 radical (unpaired) electrons. The first kappa shape index (κ1) is 11.0. The molecule has 0 fully saturated rings. The van der Waals surface area contributed by atoms with Crippen LogP contribution < -0.4 is 0 Å². The Bertz CT molecular complexity index is 619. The van der Waals surface area contributed by atoms with Crippen LogP contribution in [-0.4, -0.2) is 4.98 Å². The maximum absolute atomic E-state index is 5.74. The summed E-state index contributed by atoms with van der Waals surface area (Å²) in [5, 5.41) is 0.